The van der Waals surface area contributed by atoms with E-state index in [2.05, 4.69) is 4.98 Å². The van der Waals surface area contributed by atoms with Crippen molar-refractivity contribution in [1.82, 2.24) is 9.88 Å². The molecule has 2 aromatic carbocycles. The monoisotopic (exact) mass is 431 g/mol. The van der Waals surface area contributed by atoms with E-state index in [0.717, 1.165) is 16.8 Å². The zero-order valence-electron chi connectivity index (χ0n) is 14.6. The van der Waals surface area contributed by atoms with E-state index in [0.29, 0.717) is 22.2 Å². The van der Waals surface area contributed by atoms with Crippen LogP contribution in [0.2, 0.25) is 5.02 Å². The minimum atomic E-state index is -0.899. The lowest BCUT2D eigenvalue weighted by Crippen LogP contribution is -2.37. The van der Waals surface area contributed by atoms with Gasteiger partial charge < -0.3 is 4.90 Å². The van der Waals surface area contributed by atoms with Crippen LogP contribution in [0.4, 0.5) is 13.9 Å². The minimum absolute atomic E-state index is 0. The number of carbonyl (C=O) groups excluding carboxylic acids is 1. The first-order valence-corrected chi connectivity index (χ1v) is 9.03. The van der Waals surface area contributed by atoms with E-state index in [9.17, 15) is 13.6 Å². The van der Waals surface area contributed by atoms with Gasteiger partial charge >= 0.3 is 0 Å². The molecule has 0 atom stereocenters. The average molecular weight is 432 g/mol. The quantitative estimate of drug-likeness (QED) is 0.578. The van der Waals surface area contributed by atoms with Crippen molar-refractivity contribution in [2.75, 3.05) is 32.1 Å². The Morgan fingerprint density at radius 3 is 2.33 bits per heavy atom. The van der Waals surface area contributed by atoms with Gasteiger partial charge in [-0.3, -0.25) is 9.69 Å². The smallest absolute Gasteiger partial charge is 0.266 e. The van der Waals surface area contributed by atoms with Gasteiger partial charge in [-0.15, -0.1) is 12.4 Å². The standard InChI is InChI=1S/C18H16ClF2N3OS.ClH/c1-23(2)9-10-24(17(25)15-12(20)6-4-7-13(15)21)18-22-16-11(19)5-3-8-14(16)26-18;/h3-8H,9-10H2,1-2H3;1H. The Hall–Kier alpha value is -1.80. The van der Waals surface area contributed by atoms with Gasteiger partial charge in [-0.05, 0) is 38.4 Å². The number of hydrogen-bond acceptors (Lipinski definition) is 4. The highest BCUT2D eigenvalue weighted by Gasteiger charge is 2.26. The van der Waals surface area contributed by atoms with Crippen molar-refractivity contribution in [3.8, 4) is 0 Å². The number of fused-ring (bicyclic) bond motifs is 1. The van der Waals surface area contributed by atoms with Crippen molar-refractivity contribution in [3.05, 3.63) is 58.6 Å². The highest BCUT2D eigenvalue weighted by atomic mass is 35.5. The Bertz CT molecular complexity index is 945. The van der Waals surface area contributed by atoms with Crippen molar-refractivity contribution in [2.45, 2.75) is 0 Å². The Morgan fingerprint density at radius 1 is 1.11 bits per heavy atom. The number of anilines is 1. The lowest BCUT2D eigenvalue weighted by Gasteiger charge is -2.22. The van der Waals surface area contributed by atoms with Gasteiger partial charge in [0.1, 0.15) is 22.7 Å². The third-order valence-corrected chi connectivity index (χ3v) is 5.13. The number of halogens is 4. The number of aromatic nitrogens is 1. The van der Waals surface area contributed by atoms with Crippen LogP contribution in [0.5, 0.6) is 0 Å². The van der Waals surface area contributed by atoms with Crippen molar-refractivity contribution >= 4 is 56.6 Å². The number of carbonyl (C=O) groups is 1. The fourth-order valence-electron chi connectivity index (χ4n) is 2.44. The molecule has 0 radical (unpaired) electrons. The summed E-state index contributed by atoms with van der Waals surface area (Å²) in [7, 11) is 3.70. The summed E-state index contributed by atoms with van der Waals surface area (Å²) in [6.07, 6.45) is 0. The highest BCUT2D eigenvalue weighted by molar-refractivity contribution is 7.22. The Kier molecular flexibility index (Phi) is 7.11. The van der Waals surface area contributed by atoms with Crippen molar-refractivity contribution in [3.63, 3.8) is 0 Å². The van der Waals surface area contributed by atoms with Gasteiger partial charge in [-0.2, -0.15) is 0 Å². The van der Waals surface area contributed by atoms with Crippen molar-refractivity contribution in [2.24, 2.45) is 0 Å². The molecule has 0 fully saturated rings. The molecule has 0 aliphatic heterocycles. The zero-order chi connectivity index (χ0) is 18.8. The normalized spacial score (nSPS) is 10.9. The van der Waals surface area contributed by atoms with Gasteiger partial charge in [0.2, 0.25) is 0 Å². The molecule has 0 aliphatic carbocycles. The molecule has 0 spiro atoms. The first-order chi connectivity index (χ1) is 12.4. The molecular formula is C18H17Cl2F2N3OS. The molecule has 4 nitrogen and oxygen atoms in total. The number of benzene rings is 2. The summed E-state index contributed by atoms with van der Waals surface area (Å²) >= 11 is 7.41. The zero-order valence-corrected chi connectivity index (χ0v) is 17.0. The molecular weight excluding hydrogens is 415 g/mol. The third-order valence-electron chi connectivity index (χ3n) is 3.78. The molecule has 144 valence electrons. The fraction of sp³-hybridized carbons (Fsp3) is 0.222. The number of rotatable bonds is 5. The van der Waals surface area contributed by atoms with Gasteiger partial charge in [0.25, 0.3) is 5.91 Å². The van der Waals surface area contributed by atoms with Gasteiger partial charge in [0.05, 0.1) is 9.72 Å². The Labute approximate surface area is 170 Å². The number of hydrogen-bond donors (Lipinski definition) is 0. The summed E-state index contributed by atoms with van der Waals surface area (Å²) in [5.74, 6) is -2.56. The van der Waals surface area contributed by atoms with Crippen LogP contribution in [0, 0.1) is 11.6 Å². The molecule has 1 heterocycles. The maximum atomic E-state index is 14.1. The third kappa shape index (κ3) is 4.55. The predicted octanol–water partition coefficient (Wildman–Crippen LogP) is 4.86. The maximum absolute atomic E-state index is 14.1. The van der Waals surface area contributed by atoms with Crippen LogP contribution >= 0.6 is 35.3 Å². The largest absolute Gasteiger partial charge is 0.308 e. The van der Waals surface area contributed by atoms with Crippen LogP contribution < -0.4 is 4.90 Å². The summed E-state index contributed by atoms with van der Waals surface area (Å²) in [5.41, 5.74) is -0.0255. The van der Waals surface area contributed by atoms with Crippen LogP contribution in [0.25, 0.3) is 10.2 Å². The summed E-state index contributed by atoms with van der Waals surface area (Å²) in [4.78, 5) is 20.5. The molecule has 0 saturated heterocycles. The van der Waals surface area contributed by atoms with E-state index in [4.69, 9.17) is 11.6 Å². The molecule has 0 unspecified atom stereocenters. The van der Waals surface area contributed by atoms with E-state index < -0.39 is 23.1 Å². The first-order valence-electron chi connectivity index (χ1n) is 7.84. The molecule has 9 heteroatoms. The number of amides is 1. The number of nitrogens with zero attached hydrogens (tertiary/aromatic N) is 3. The first kappa shape index (κ1) is 21.5. The number of thiazole rings is 1. The summed E-state index contributed by atoms with van der Waals surface area (Å²) in [5, 5.41) is 0.810. The molecule has 1 aromatic heterocycles. The number of likely N-dealkylation sites (N-methyl/N-ethyl adjacent to an activating group) is 1. The maximum Gasteiger partial charge on any atom is 0.266 e. The molecule has 1 amide bonds. The molecule has 0 bridgehead atoms. The molecule has 27 heavy (non-hydrogen) atoms. The molecule has 0 aliphatic rings. The highest BCUT2D eigenvalue weighted by Crippen LogP contribution is 2.33. The van der Waals surface area contributed by atoms with Crippen molar-refractivity contribution in [1.29, 1.82) is 0 Å². The summed E-state index contributed by atoms with van der Waals surface area (Å²) in [6, 6.07) is 8.68. The van der Waals surface area contributed by atoms with Crippen LogP contribution in [0.15, 0.2) is 36.4 Å². The minimum Gasteiger partial charge on any atom is -0.308 e. The predicted molar refractivity (Wildman–Crippen MR) is 108 cm³/mol. The van der Waals surface area contributed by atoms with Gasteiger partial charge in [-0.25, -0.2) is 13.8 Å². The summed E-state index contributed by atoms with van der Waals surface area (Å²) < 4.78 is 29.0. The second-order valence-electron chi connectivity index (χ2n) is 5.94. The lowest BCUT2D eigenvalue weighted by molar-refractivity contribution is 0.0977. The van der Waals surface area contributed by atoms with E-state index in [-0.39, 0.29) is 19.0 Å². The molecule has 3 aromatic rings. The van der Waals surface area contributed by atoms with E-state index in [1.807, 2.05) is 25.1 Å². The second-order valence-corrected chi connectivity index (χ2v) is 7.36. The lowest BCUT2D eigenvalue weighted by atomic mass is 10.1. The van der Waals surface area contributed by atoms with Crippen LogP contribution in [0.3, 0.4) is 0 Å². The summed E-state index contributed by atoms with van der Waals surface area (Å²) in [6.45, 7) is 0.739. The fourth-order valence-corrected chi connectivity index (χ4v) is 3.73. The van der Waals surface area contributed by atoms with Crippen LogP contribution in [0.1, 0.15) is 10.4 Å². The van der Waals surface area contributed by atoms with Gasteiger partial charge in [-0.1, -0.05) is 35.1 Å². The average Bonchev–Trinajstić information content (AvgIpc) is 3.00. The van der Waals surface area contributed by atoms with E-state index >= 15 is 0 Å². The molecule has 0 saturated carbocycles. The van der Waals surface area contributed by atoms with Crippen LogP contribution in [-0.2, 0) is 0 Å². The molecule has 3 rings (SSSR count). The van der Waals surface area contributed by atoms with Gasteiger partial charge in [0, 0.05) is 13.1 Å². The van der Waals surface area contributed by atoms with Crippen LogP contribution in [-0.4, -0.2) is 43.0 Å². The topological polar surface area (TPSA) is 36.4 Å². The Balaban J connectivity index is 0.00000261. The second kappa shape index (κ2) is 8.93. The Morgan fingerprint density at radius 2 is 1.74 bits per heavy atom. The van der Waals surface area contributed by atoms with Gasteiger partial charge in [0.15, 0.2) is 5.13 Å². The van der Waals surface area contributed by atoms with Crippen molar-refractivity contribution < 1.29 is 13.6 Å². The SMILES string of the molecule is CN(C)CCN(C(=O)c1c(F)cccc1F)c1nc2c(Cl)cccc2s1.Cl. The molecule has 0 N–H and O–H groups in total. The van der Waals surface area contributed by atoms with E-state index in [1.165, 1.54) is 22.3 Å². The van der Waals surface area contributed by atoms with E-state index in [1.54, 1.807) is 12.1 Å². The number of para-hydroxylation sites is 1.